The van der Waals surface area contributed by atoms with Crippen molar-refractivity contribution < 1.29 is 57.0 Å². The third kappa shape index (κ3) is 8.26. The van der Waals surface area contributed by atoms with Crippen LogP contribution in [-0.4, -0.2) is 71.9 Å². The number of halogens is 1. The number of fused-ring (bicyclic) bond motifs is 1. The first-order valence-electron chi connectivity index (χ1n) is 12.9. The lowest BCUT2D eigenvalue weighted by atomic mass is 10.1. The van der Waals surface area contributed by atoms with Gasteiger partial charge in [-0.15, -0.1) is 10.2 Å². The number of nitrogens with zero attached hydrogens (tertiary/aromatic N) is 5. The second-order valence-corrected chi connectivity index (χ2v) is 15.7. The summed E-state index contributed by atoms with van der Waals surface area (Å²) in [6.45, 7) is 0. The number of aromatic nitrogens is 3. The van der Waals surface area contributed by atoms with E-state index in [-0.39, 0.29) is 39.3 Å². The molecule has 4 aromatic carbocycles. The van der Waals surface area contributed by atoms with Gasteiger partial charge in [-0.2, -0.15) is 48.6 Å². The van der Waals surface area contributed by atoms with Gasteiger partial charge in [-0.25, -0.2) is 0 Å². The SMILES string of the molecule is O=S(=O)(O)c1cccc(Nc2nc(Cl)nc(Nc3ccc4c(O)c(N=Nc5cc(S(=O)(=O)O)ccc5S(=O)(=O)O)c(S(=O)(=O)O)cc4c3)n2)c1. The topological polar surface area (TPSA) is 325 Å². The Kier molecular flexibility index (Phi) is 9.51. The standard InChI is InChI=1S/C25H18ClN7O13S4/c26-23-29-24(27-13-2-1-3-15(10-13)47(35,36)37)31-25(30-23)28-14-4-6-17-12(8-14)9-20(50(44,45)46)21(22(17)34)33-32-18-11-16(48(38,39)40)5-7-19(18)49(41,42)43/h1-11,34H,(H,35,36,37)(H,38,39,40)(H,41,42,43)(H,44,45,46)(H2,27,28,29,30,31). The predicted molar refractivity (Wildman–Crippen MR) is 173 cm³/mol. The van der Waals surface area contributed by atoms with Crippen LogP contribution in [0.3, 0.4) is 0 Å². The maximum absolute atomic E-state index is 12.3. The van der Waals surface area contributed by atoms with Gasteiger partial charge in [0.2, 0.25) is 17.2 Å². The van der Waals surface area contributed by atoms with Crippen LogP contribution in [0.15, 0.2) is 96.5 Å². The molecule has 7 N–H and O–H groups in total. The van der Waals surface area contributed by atoms with E-state index in [1.54, 1.807) is 0 Å². The molecule has 262 valence electrons. The summed E-state index contributed by atoms with van der Waals surface area (Å²) < 4.78 is 132. The van der Waals surface area contributed by atoms with Crippen LogP contribution in [0.2, 0.25) is 5.28 Å². The lowest BCUT2D eigenvalue weighted by Crippen LogP contribution is -2.05. The fraction of sp³-hybridized carbons (Fsp3) is 0. The van der Waals surface area contributed by atoms with Crippen molar-refractivity contribution >= 4 is 97.5 Å². The Bertz CT molecular complexity index is 2690. The Hall–Kier alpha value is -4.92. The molecule has 0 spiro atoms. The van der Waals surface area contributed by atoms with E-state index in [2.05, 4.69) is 35.8 Å². The van der Waals surface area contributed by atoms with Gasteiger partial charge in [0.25, 0.3) is 40.5 Å². The Labute approximate surface area is 286 Å². The minimum atomic E-state index is -5.20. The molecule has 5 rings (SSSR count). The molecule has 1 heterocycles. The van der Waals surface area contributed by atoms with Crippen molar-refractivity contribution in [1.29, 1.82) is 0 Å². The van der Waals surface area contributed by atoms with Crippen molar-refractivity contribution in [3.05, 3.63) is 72.0 Å². The summed E-state index contributed by atoms with van der Waals surface area (Å²) in [5.41, 5.74) is -1.49. The van der Waals surface area contributed by atoms with Gasteiger partial charge in [-0.1, -0.05) is 6.07 Å². The molecular formula is C25H18ClN7O13S4. The van der Waals surface area contributed by atoms with E-state index in [0.717, 1.165) is 18.2 Å². The van der Waals surface area contributed by atoms with Crippen LogP contribution >= 0.6 is 11.6 Å². The van der Waals surface area contributed by atoms with Crippen molar-refractivity contribution in [3.63, 3.8) is 0 Å². The molecule has 0 unspecified atom stereocenters. The molecule has 20 nitrogen and oxygen atoms in total. The number of hydrogen-bond acceptors (Lipinski definition) is 16. The lowest BCUT2D eigenvalue weighted by molar-refractivity contribution is 0.472. The van der Waals surface area contributed by atoms with Gasteiger partial charge < -0.3 is 15.7 Å². The average Bonchev–Trinajstić information content (AvgIpc) is 2.98. The van der Waals surface area contributed by atoms with E-state index in [1.165, 1.54) is 30.3 Å². The second-order valence-electron chi connectivity index (χ2n) is 9.77. The van der Waals surface area contributed by atoms with E-state index >= 15 is 0 Å². The molecule has 0 amide bonds. The molecule has 0 fully saturated rings. The fourth-order valence-corrected chi connectivity index (χ4v) is 6.68. The minimum Gasteiger partial charge on any atom is -0.505 e. The summed E-state index contributed by atoms with van der Waals surface area (Å²) in [6.07, 6.45) is 0. The van der Waals surface area contributed by atoms with Crippen LogP contribution in [0, 0.1) is 0 Å². The van der Waals surface area contributed by atoms with E-state index in [0.29, 0.717) is 18.2 Å². The summed E-state index contributed by atoms with van der Waals surface area (Å²) in [7, 11) is -19.7. The van der Waals surface area contributed by atoms with Gasteiger partial charge >= 0.3 is 0 Å². The predicted octanol–water partition coefficient (Wildman–Crippen LogP) is 4.27. The van der Waals surface area contributed by atoms with Gasteiger partial charge in [0.1, 0.15) is 21.2 Å². The molecule has 25 heteroatoms. The van der Waals surface area contributed by atoms with Crippen molar-refractivity contribution in [1.82, 2.24) is 15.0 Å². The summed E-state index contributed by atoms with van der Waals surface area (Å²) >= 11 is 6.02. The van der Waals surface area contributed by atoms with E-state index < -0.39 is 77.2 Å². The Morgan fingerprint density at radius 2 is 1.18 bits per heavy atom. The zero-order valence-electron chi connectivity index (χ0n) is 24.1. The summed E-state index contributed by atoms with van der Waals surface area (Å²) in [5, 5.41) is 23.0. The molecule has 0 aliphatic carbocycles. The third-order valence-electron chi connectivity index (χ3n) is 6.35. The number of phenolic OH excluding ortho intramolecular Hbond substituents is 1. The highest BCUT2D eigenvalue weighted by Crippen LogP contribution is 2.42. The maximum Gasteiger partial charge on any atom is 0.296 e. The van der Waals surface area contributed by atoms with Gasteiger partial charge in [-0.3, -0.25) is 18.2 Å². The van der Waals surface area contributed by atoms with Crippen LogP contribution in [0.5, 0.6) is 5.75 Å². The first-order chi connectivity index (χ1) is 23.1. The fourth-order valence-electron chi connectivity index (χ4n) is 4.23. The Morgan fingerprint density at radius 3 is 1.76 bits per heavy atom. The van der Waals surface area contributed by atoms with Crippen molar-refractivity contribution in [2.75, 3.05) is 10.6 Å². The van der Waals surface area contributed by atoms with Gasteiger partial charge in [-0.05, 0) is 77.7 Å². The number of benzene rings is 4. The normalized spacial score (nSPS) is 12.7. The maximum atomic E-state index is 12.3. The second kappa shape index (κ2) is 13.1. The number of aromatic hydroxyl groups is 1. The molecule has 50 heavy (non-hydrogen) atoms. The highest BCUT2D eigenvalue weighted by atomic mass is 35.5. The van der Waals surface area contributed by atoms with Crippen LogP contribution < -0.4 is 10.6 Å². The highest BCUT2D eigenvalue weighted by molar-refractivity contribution is 7.86. The first-order valence-corrected chi connectivity index (χ1v) is 19.0. The quantitative estimate of drug-likeness (QED) is 0.0767. The monoisotopic (exact) mass is 787 g/mol. The van der Waals surface area contributed by atoms with Crippen molar-refractivity contribution in [2.45, 2.75) is 19.6 Å². The molecule has 0 saturated heterocycles. The van der Waals surface area contributed by atoms with Crippen LogP contribution in [0.25, 0.3) is 10.8 Å². The third-order valence-corrected chi connectivity index (χ3v) is 9.98. The molecule has 1 aromatic heterocycles. The largest absolute Gasteiger partial charge is 0.505 e. The van der Waals surface area contributed by atoms with E-state index in [9.17, 15) is 57.0 Å². The summed E-state index contributed by atoms with van der Waals surface area (Å²) in [6, 6.07) is 11.5. The molecule has 0 radical (unpaired) electrons. The number of anilines is 4. The molecule has 0 bridgehead atoms. The molecule has 0 atom stereocenters. The van der Waals surface area contributed by atoms with Crippen LogP contribution in [0.4, 0.5) is 34.6 Å². The Balaban J connectivity index is 1.54. The van der Waals surface area contributed by atoms with E-state index in [4.69, 9.17) is 11.6 Å². The molecular weight excluding hydrogens is 770 g/mol. The molecule has 0 aliphatic heterocycles. The summed E-state index contributed by atoms with van der Waals surface area (Å²) in [4.78, 5) is 8.61. The molecule has 0 saturated carbocycles. The average molecular weight is 788 g/mol. The Morgan fingerprint density at radius 1 is 0.600 bits per heavy atom. The number of nitrogens with one attached hydrogen (secondary N) is 2. The summed E-state index contributed by atoms with van der Waals surface area (Å²) in [5.74, 6) is -1.24. The van der Waals surface area contributed by atoms with Crippen LogP contribution in [0.1, 0.15) is 0 Å². The number of hydrogen-bond donors (Lipinski definition) is 7. The minimum absolute atomic E-state index is 0.0356. The number of azo groups is 1. The van der Waals surface area contributed by atoms with E-state index in [1.807, 2.05) is 0 Å². The van der Waals surface area contributed by atoms with Gasteiger partial charge in [0.15, 0.2) is 5.75 Å². The lowest BCUT2D eigenvalue weighted by Gasteiger charge is -2.12. The van der Waals surface area contributed by atoms with Crippen molar-refractivity contribution in [2.24, 2.45) is 10.2 Å². The zero-order valence-corrected chi connectivity index (χ0v) is 28.1. The zero-order chi connectivity index (χ0) is 36.8. The molecule has 5 aromatic rings. The number of rotatable bonds is 10. The van der Waals surface area contributed by atoms with Gasteiger partial charge in [0.05, 0.1) is 9.79 Å². The van der Waals surface area contributed by atoms with Crippen molar-refractivity contribution in [3.8, 4) is 5.75 Å². The highest BCUT2D eigenvalue weighted by Gasteiger charge is 2.24. The first kappa shape index (κ1) is 36.4. The van der Waals surface area contributed by atoms with Gasteiger partial charge in [0, 0.05) is 16.8 Å². The molecule has 0 aliphatic rings. The smallest absolute Gasteiger partial charge is 0.296 e. The van der Waals surface area contributed by atoms with Crippen LogP contribution in [-0.2, 0) is 40.5 Å². The number of phenols is 1.